The van der Waals surface area contributed by atoms with Gasteiger partial charge in [-0.05, 0) is 77.6 Å². The van der Waals surface area contributed by atoms with Crippen molar-refractivity contribution >= 4 is 17.7 Å². The van der Waals surface area contributed by atoms with E-state index < -0.39 is 5.60 Å². The van der Waals surface area contributed by atoms with Gasteiger partial charge in [-0.3, -0.25) is 0 Å². The zero-order valence-electron chi connectivity index (χ0n) is 19.8. The van der Waals surface area contributed by atoms with E-state index in [4.69, 9.17) is 26.8 Å². The van der Waals surface area contributed by atoms with Crippen LogP contribution in [0.2, 0.25) is 5.02 Å². The molecule has 176 valence electrons. The molecule has 0 spiro atoms. The molecule has 2 unspecified atom stereocenters. The summed E-state index contributed by atoms with van der Waals surface area (Å²) in [6.07, 6.45) is 3.89. The van der Waals surface area contributed by atoms with Crippen LogP contribution in [0.3, 0.4) is 0 Å². The lowest BCUT2D eigenvalue weighted by atomic mass is 10.0. The van der Waals surface area contributed by atoms with E-state index in [1.165, 1.54) is 0 Å². The molecule has 31 heavy (non-hydrogen) atoms. The molecule has 1 aliphatic rings. The molecule has 0 aromatic heterocycles. The Morgan fingerprint density at radius 2 is 1.84 bits per heavy atom. The van der Waals surface area contributed by atoms with Gasteiger partial charge in [-0.1, -0.05) is 23.7 Å². The monoisotopic (exact) mass is 453 g/mol. The number of piperidine rings is 1. The second-order valence-corrected chi connectivity index (χ2v) is 10.1. The fourth-order valence-corrected chi connectivity index (χ4v) is 3.80. The van der Waals surface area contributed by atoms with Crippen molar-refractivity contribution in [3.05, 3.63) is 34.9 Å². The number of carbonyl (C=O) groups excluding carboxylic acids is 1. The number of carbonyl (C=O) groups is 1. The van der Waals surface area contributed by atoms with Crippen molar-refractivity contribution in [3.63, 3.8) is 0 Å². The fourth-order valence-electron chi connectivity index (χ4n) is 3.67. The van der Waals surface area contributed by atoms with E-state index in [2.05, 4.69) is 11.8 Å². The molecule has 1 heterocycles. The van der Waals surface area contributed by atoms with Crippen LogP contribution in [0.5, 0.6) is 0 Å². The summed E-state index contributed by atoms with van der Waals surface area (Å²) in [6, 6.07) is 7.84. The molecule has 0 bridgehead atoms. The predicted molar refractivity (Wildman–Crippen MR) is 126 cm³/mol. The van der Waals surface area contributed by atoms with Crippen molar-refractivity contribution in [3.8, 4) is 0 Å². The first kappa shape index (κ1) is 25.9. The van der Waals surface area contributed by atoms with Crippen molar-refractivity contribution in [2.45, 2.75) is 77.2 Å². The van der Waals surface area contributed by atoms with E-state index in [1.54, 1.807) is 11.9 Å². The average molecular weight is 454 g/mol. The SMILES string of the molecule is CC(CCN(C)C(=O)OC(C)(C)C)OC1CCN(CCC(N)c2ccc(Cl)cc2)CC1. The molecule has 1 saturated heterocycles. The lowest BCUT2D eigenvalue weighted by molar-refractivity contribution is -0.0405. The molecule has 1 fully saturated rings. The molecule has 0 aliphatic carbocycles. The second-order valence-electron chi connectivity index (χ2n) is 9.62. The van der Waals surface area contributed by atoms with E-state index in [1.807, 2.05) is 45.0 Å². The smallest absolute Gasteiger partial charge is 0.410 e. The third kappa shape index (κ3) is 9.77. The minimum Gasteiger partial charge on any atom is -0.444 e. The van der Waals surface area contributed by atoms with Crippen molar-refractivity contribution in [1.82, 2.24) is 9.80 Å². The van der Waals surface area contributed by atoms with Crippen LogP contribution in [0.25, 0.3) is 0 Å². The third-order valence-electron chi connectivity index (χ3n) is 5.59. The second kappa shape index (κ2) is 12.0. The highest BCUT2D eigenvalue weighted by molar-refractivity contribution is 6.30. The zero-order valence-corrected chi connectivity index (χ0v) is 20.5. The van der Waals surface area contributed by atoms with E-state index in [0.717, 1.165) is 55.9 Å². The zero-order chi connectivity index (χ0) is 23.0. The van der Waals surface area contributed by atoms with E-state index >= 15 is 0 Å². The Hall–Kier alpha value is -1.34. The number of halogens is 1. The molecule has 2 rings (SSSR count). The van der Waals surface area contributed by atoms with Gasteiger partial charge in [0.2, 0.25) is 0 Å². The Morgan fingerprint density at radius 3 is 2.42 bits per heavy atom. The molecule has 1 aromatic rings. The average Bonchev–Trinajstić information content (AvgIpc) is 2.70. The van der Waals surface area contributed by atoms with E-state index in [-0.39, 0.29) is 24.3 Å². The highest BCUT2D eigenvalue weighted by Crippen LogP contribution is 2.21. The fraction of sp³-hybridized carbons (Fsp3) is 0.708. The summed E-state index contributed by atoms with van der Waals surface area (Å²) in [5.74, 6) is 0. The first-order valence-corrected chi connectivity index (χ1v) is 11.7. The number of nitrogens with two attached hydrogens (primary N) is 1. The van der Waals surface area contributed by atoms with Gasteiger partial charge in [0.15, 0.2) is 0 Å². The van der Waals surface area contributed by atoms with E-state index in [0.29, 0.717) is 6.54 Å². The van der Waals surface area contributed by atoms with Crippen LogP contribution in [-0.4, -0.2) is 66.9 Å². The van der Waals surface area contributed by atoms with Gasteiger partial charge in [-0.15, -0.1) is 0 Å². The van der Waals surface area contributed by atoms with Gasteiger partial charge < -0.3 is 25.0 Å². The normalized spacial score (nSPS) is 17.9. The number of hydrogen-bond donors (Lipinski definition) is 1. The molecule has 1 amide bonds. The van der Waals surface area contributed by atoms with Crippen molar-refractivity contribution in [2.75, 3.05) is 33.2 Å². The van der Waals surface area contributed by atoms with Gasteiger partial charge in [0.1, 0.15) is 5.60 Å². The number of nitrogens with zero attached hydrogens (tertiary/aromatic N) is 2. The van der Waals surface area contributed by atoms with Crippen molar-refractivity contribution < 1.29 is 14.3 Å². The maximum absolute atomic E-state index is 12.1. The Morgan fingerprint density at radius 1 is 1.23 bits per heavy atom. The number of likely N-dealkylation sites (tertiary alicyclic amines) is 1. The predicted octanol–water partition coefficient (Wildman–Crippen LogP) is 4.86. The molecule has 0 radical (unpaired) electrons. The summed E-state index contributed by atoms with van der Waals surface area (Å²) in [6.45, 7) is 11.4. The minimum absolute atomic E-state index is 0.0354. The topological polar surface area (TPSA) is 68.0 Å². The first-order valence-electron chi connectivity index (χ1n) is 11.4. The summed E-state index contributed by atoms with van der Waals surface area (Å²) in [5, 5.41) is 0.740. The van der Waals surface area contributed by atoms with Gasteiger partial charge in [0, 0.05) is 37.7 Å². The minimum atomic E-state index is -0.472. The highest BCUT2D eigenvalue weighted by Gasteiger charge is 2.23. The summed E-state index contributed by atoms with van der Waals surface area (Å²) >= 11 is 5.95. The van der Waals surface area contributed by atoms with Gasteiger partial charge in [-0.2, -0.15) is 0 Å². The maximum Gasteiger partial charge on any atom is 0.410 e. The summed E-state index contributed by atoms with van der Waals surface area (Å²) in [5.41, 5.74) is 7.00. The number of rotatable bonds is 9. The van der Waals surface area contributed by atoms with Crippen LogP contribution in [0.15, 0.2) is 24.3 Å². The molecule has 1 aliphatic heterocycles. The molecule has 7 heteroatoms. The number of amides is 1. The van der Waals surface area contributed by atoms with Crippen LogP contribution in [0, 0.1) is 0 Å². The van der Waals surface area contributed by atoms with E-state index in [9.17, 15) is 4.79 Å². The van der Waals surface area contributed by atoms with Crippen LogP contribution in [0.4, 0.5) is 4.79 Å². The Kier molecular flexibility index (Phi) is 10.1. The number of hydrogen-bond acceptors (Lipinski definition) is 5. The molecule has 1 aromatic carbocycles. The van der Waals surface area contributed by atoms with Crippen molar-refractivity contribution in [1.29, 1.82) is 0 Å². The molecular formula is C24H40ClN3O3. The summed E-state index contributed by atoms with van der Waals surface area (Å²) in [7, 11) is 1.77. The van der Waals surface area contributed by atoms with Crippen LogP contribution >= 0.6 is 11.6 Å². The Labute approximate surface area is 193 Å². The quantitative estimate of drug-likeness (QED) is 0.578. The standard InChI is InChI=1S/C24H40ClN3O3/c1-18(10-14-27(5)23(29)31-24(2,3)4)30-21-11-15-28(16-12-21)17-13-22(26)19-6-8-20(25)9-7-19/h6-9,18,21-22H,10-17,26H2,1-5H3. The van der Waals surface area contributed by atoms with Gasteiger partial charge in [0.05, 0.1) is 12.2 Å². The molecular weight excluding hydrogens is 414 g/mol. The van der Waals surface area contributed by atoms with Gasteiger partial charge in [-0.25, -0.2) is 4.79 Å². The third-order valence-corrected chi connectivity index (χ3v) is 5.84. The molecule has 0 saturated carbocycles. The van der Waals surface area contributed by atoms with Crippen LogP contribution < -0.4 is 5.73 Å². The highest BCUT2D eigenvalue weighted by atomic mass is 35.5. The molecule has 6 nitrogen and oxygen atoms in total. The van der Waals surface area contributed by atoms with Gasteiger partial charge in [0.25, 0.3) is 0 Å². The number of benzene rings is 1. The maximum atomic E-state index is 12.1. The van der Waals surface area contributed by atoms with Gasteiger partial charge >= 0.3 is 6.09 Å². The lowest BCUT2D eigenvalue weighted by Gasteiger charge is -2.34. The lowest BCUT2D eigenvalue weighted by Crippen LogP contribution is -2.40. The Balaban J connectivity index is 1.62. The first-order chi connectivity index (χ1) is 14.5. The van der Waals surface area contributed by atoms with Crippen LogP contribution in [0.1, 0.15) is 65.0 Å². The molecule has 2 N–H and O–H groups in total. The van der Waals surface area contributed by atoms with Crippen molar-refractivity contribution in [2.24, 2.45) is 5.73 Å². The van der Waals surface area contributed by atoms with Crippen LogP contribution in [-0.2, 0) is 9.47 Å². The number of ether oxygens (including phenoxy) is 2. The summed E-state index contributed by atoms with van der Waals surface area (Å²) < 4.78 is 11.6. The Bertz CT molecular complexity index is 670. The molecule has 2 atom stereocenters. The largest absolute Gasteiger partial charge is 0.444 e. The summed E-state index contributed by atoms with van der Waals surface area (Å²) in [4.78, 5) is 16.1.